The third kappa shape index (κ3) is 5.96. The fraction of sp³-hybridized carbons (Fsp3) is 0.296. The van der Waals surface area contributed by atoms with E-state index in [-0.39, 0.29) is 18.2 Å². The molecule has 1 aliphatic rings. The Labute approximate surface area is 210 Å². The molecule has 1 aliphatic heterocycles. The number of nitrogens with zero attached hydrogens (tertiary/aromatic N) is 4. The van der Waals surface area contributed by atoms with E-state index in [1.165, 1.54) is 0 Å². The molecule has 9 heteroatoms. The van der Waals surface area contributed by atoms with Crippen LogP contribution in [-0.2, 0) is 4.79 Å². The summed E-state index contributed by atoms with van der Waals surface area (Å²) >= 11 is 0. The molecule has 0 aliphatic carbocycles. The minimum absolute atomic E-state index is 0.0768. The zero-order valence-corrected chi connectivity index (χ0v) is 20.3. The maximum atomic E-state index is 12.7. The lowest BCUT2D eigenvalue weighted by Crippen LogP contribution is -2.50. The van der Waals surface area contributed by atoms with E-state index in [4.69, 9.17) is 18.6 Å². The molecule has 0 saturated carbocycles. The van der Waals surface area contributed by atoms with Crippen LogP contribution in [0.1, 0.15) is 24.1 Å². The smallest absolute Gasteiger partial charge is 0.260 e. The van der Waals surface area contributed by atoms with Gasteiger partial charge in [-0.1, -0.05) is 24.3 Å². The van der Waals surface area contributed by atoms with E-state index in [1.54, 1.807) is 30.2 Å². The summed E-state index contributed by atoms with van der Waals surface area (Å²) in [5, 5.41) is 9.56. The fourth-order valence-electron chi connectivity index (χ4n) is 3.82. The number of para-hydroxylation sites is 2. The van der Waals surface area contributed by atoms with Crippen molar-refractivity contribution in [3.05, 3.63) is 65.7 Å². The molecule has 0 spiro atoms. The minimum Gasteiger partial charge on any atom is -0.494 e. The first-order valence-electron chi connectivity index (χ1n) is 11.7. The van der Waals surface area contributed by atoms with E-state index in [0.717, 1.165) is 11.3 Å². The maximum Gasteiger partial charge on any atom is 0.260 e. The van der Waals surface area contributed by atoms with E-state index in [0.29, 0.717) is 56.1 Å². The van der Waals surface area contributed by atoms with E-state index < -0.39 is 0 Å². The van der Waals surface area contributed by atoms with Crippen LogP contribution in [0.25, 0.3) is 12.2 Å². The third-order valence-corrected chi connectivity index (χ3v) is 5.68. The Morgan fingerprint density at radius 1 is 1.06 bits per heavy atom. The molecule has 0 radical (unpaired) electrons. The Morgan fingerprint density at radius 3 is 2.44 bits per heavy atom. The summed E-state index contributed by atoms with van der Waals surface area (Å²) in [6.07, 6.45) is 3.60. The van der Waals surface area contributed by atoms with E-state index in [9.17, 15) is 10.1 Å². The molecule has 2 aromatic carbocycles. The molecule has 1 fully saturated rings. The lowest BCUT2D eigenvalue weighted by Gasteiger charge is -2.34. The molecule has 0 atom stereocenters. The predicted octanol–water partition coefficient (Wildman–Crippen LogP) is 3.85. The van der Waals surface area contributed by atoms with Crippen LogP contribution in [0.15, 0.2) is 52.9 Å². The van der Waals surface area contributed by atoms with Crippen molar-refractivity contribution in [1.29, 1.82) is 5.26 Å². The topological polar surface area (TPSA) is 101 Å². The molecule has 0 N–H and O–H groups in total. The summed E-state index contributed by atoms with van der Waals surface area (Å²) in [5.41, 5.74) is 1.18. The molecule has 186 valence electrons. The molecule has 0 unspecified atom stereocenters. The van der Waals surface area contributed by atoms with Crippen LogP contribution in [0.4, 0.5) is 5.88 Å². The van der Waals surface area contributed by atoms with Crippen molar-refractivity contribution in [2.24, 2.45) is 0 Å². The van der Waals surface area contributed by atoms with Crippen LogP contribution in [0, 0.1) is 11.3 Å². The van der Waals surface area contributed by atoms with Gasteiger partial charge in [0.15, 0.2) is 18.1 Å². The largest absolute Gasteiger partial charge is 0.494 e. The van der Waals surface area contributed by atoms with Crippen LogP contribution in [-0.4, -0.2) is 62.3 Å². The molecular weight excluding hydrogens is 460 g/mol. The molecule has 36 heavy (non-hydrogen) atoms. The number of rotatable bonds is 9. The zero-order valence-electron chi connectivity index (χ0n) is 20.3. The third-order valence-electron chi connectivity index (χ3n) is 5.68. The molecule has 3 aromatic rings. The summed E-state index contributed by atoms with van der Waals surface area (Å²) in [6, 6.07) is 17.0. The second-order valence-corrected chi connectivity index (χ2v) is 7.96. The van der Waals surface area contributed by atoms with Crippen molar-refractivity contribution in [3.8, 4) is 23.3 Å². The summed E-state index contributed by atoms with van der Waals surface area (Å²) in [6.45, 7) is 4.49. The lowest BCUT2D eigenvalue weighted by molar-refractivity contribution is -0.133. The number of ether oxygens (including phenoxy) is 3. The summed E-state index contributed by atoms with van der Waals surface area (Å²) in [4.78, 5) is 20.6. The van der Waals surface area contributed by atoms with Gasteiger partial charge in [0.25, 0.3) is 5.91 Å². The highest BCUT2D eigenvalue weighted by Crippen LogP contribution is 2.27. The second kappa shape index (κ2) is 11.8. The van der Waals surface area contributed by atoms with Crippen LogP contribution < -0.4 is 19.1 Å². The Balaban J connectivity index is 1.33. The van der Waals surface area contributed by atoms with Crippen LogP contribution in [0.3, 0.4) is 0 Å². The highest BCUT2D eigenvalue weighted by molar-refractivity contribution is 5.78. The van der Waals surface area contributed by atoms with Crippen molar-refractivity contribution in [2.75, 3.05) is 51.4 Å². The molecule has 4 rings (SSSR count). The SMILES string of the molecule is CCOc1ccc(/C=C/c2nc(C#N)c(N3CCN(C(=O)COc4ccccc4OC)CC3)o2)cc1. The van der Waals surface area contributed by atoms with Crippen molar-refractivity contribution in [1.82, 2.24) is 9.88 Å². The standard InChI is InChI=1S/C27H28N4O5/c1-3-34-21-11-8-20(9-12-21)10-13-25-29-22(18-28)27(36-25)31-16-14-30(15-17-31)26(32)19-35-24-7-5-4-6-23(24)33-2/h4-13H,3,14-17,19H2,1-2H3/b13-10+. The van der Waals surface area contributed by atoms with Gasteiger partial charge in [-0.15, -0.1) is 0 Å². The second-order valence-electron chi connectivity index (χ2n) is 7.96. The Morgan fingerprint density at radius 2 is 1.78 bits per heavy atom. The highest BCUT2D eigenvalue weighted by Gasteiger charge is 2.26. The number of nitriles is 1. The van der Waals surface area contributed by atoms with Crippen molar-refractivity contribution in [3.63, 3.8) is 0 Å². The van der Waals surface area contributed by atoms with Crippen molar-refractivity contribution < 1.29 is 23.4 Å². The number of aromatic nitrogens is 1. The highest BCUT2D eigenvalue weighted by atomic mass is 16.5. The van der Waals surface area contributed by atoms with Crippen LogP contribution in [0.5, 0.6) is 17.2 Å². The van der Waals surface area contributed by atoms with Crippen molar-refractivity contribution >= 4 is 23.9 Å². The normalized spacial score (nSPS) is 13.5. The number of oxazole rings is 1. The first-order valence-corrected chi connectivity index (χ1v) is 11.7. The summed E-state index contributed by atoms with van der Waals surface area (Å²) < 4.78 is 22.3. The van der Waals surface area contributed by atoms with E-state index >= 15 is 0 Å². The quantitative estimate of drug-likeness (QED) is 0.448. The number of hydrogen-bond acceptors (Lipinski definition) is 8. The van der Waals surface area contributed by atoms with E-state index in [2.05, 4.69) is 11.1 Å². The number of carbonyl (C=O) groups is 1. The van der Waals surface area contributed by atoms with Gasteiger partial charge >= 0.3 is 0 Å². The molecule has 1 amide bonds. The Hall–Kier alpha value is -4.45. The number of piperazine rings is 1. The van der Waals surface area contributed by atoms with Gasteiger partial charge in [-0.3, -0.25) is 4.79 Å². The number of benzene rings is 2. The molecule has 1 saturated heterocycles. The van der Waals surface area contributed by atoms with Gasteiger partial charge in [0.2, 0.25) is 17.5 Å². The van der Waals surface area contributed by atoms with Gasteiger partial charge in [-0.05, 0) is 42.8 Å². The maximum absolute atomic E-state index is 12.7. The predicted molar refractivity (Wildman–Crippen MR) is 135 cm³/mol. The minimum atomic E-state index is -0.113. The summed E-state index contributed by atoms with van der Waals surface area (Å²) in [5.74, 6) is 2.57. The molecular formula is C27H28N4O5. The van der Waals surface area contributed by atoms with Gasteiger partial charge < -0.3 is 28.4 Å². The molecule has 2 heterocycles. The Kier molecular flexibility index (Phi) is 8.08. The van der Waals surface area contributed by atoms with E-state index in [1.807, 2.05) is 54.3 Å². The van der Waals surface area contributed by atoms with Crippen LogP contribution >= 0.6 is 0 Å². The van der Waals surface area contributed by atoms with Gasteiger partial charge in [0.05, 0.1) is 13.7 Å². The summed E-state index contributed by atoms with van der Waals surface area (Å²) in [7, 11) is 1.56. The van der Waals surface area contributed by atoms with Gasteiger partial charge in [-0.25, -0.2) is 0 Å². The monoisotopic (exact) mass is 488 g/mol. The van der Waals surface area contributed by atoms with Gasteiger partial charge in [0, 0.05) is 32.3 Å². The van der Waals surface area contributed by atoms with Crippen LogP contribution in [0.2, 0.25) is 0 Å². The number of carbonyl (C=O) groups excluding carboxylic acids is 1. The first kappa shape index (κ1) is 24.7. The number of methoxy groups -OCH3 is 1. The van der Waals surface area contributed by atoms with Gasteiger partial charge in [0.1, 0.15) is 11.8 Å². The average molecular weight is 489 g/mol. The van der Waals surface area contributed by atoms with Gasteiger partial charge in [-0.2, -0.15) is 10.2 Å². The van der Waals surface area contributed by atoms with Crippen molar-refractivity contribution in [2.45, 2.75) is 6.92 Å². The fourth-order valence-corrected chi connectivity index (χ4v) is 3.82. The first-order chi connectivity index (χ1) is 17.6. The molecule has 9 nitrogen and oxygen atoms in total. The molecule has 1 aromatic heterocycles. The number of anilines is 1. The number of hydrogen-bond donors (Lipinski definition) is 0. The zero-order chi connectivity index (χ0) is 25.3. The average Bonchev–Trinajstić information content (AvgIpc) is 3.35. The molecule has 0 bridgehead atoms. The Bertz CT molecular complexity index is 1240. The lowest BCUT2D eigenvalue weighted by atomic mass is 10.2. The number of amides is 1.